The molecule has 1 fully saturated rings. The van der Waals surface area contributed by atoms with Crippen LogP contribution in [-0.2, 0) is 9.53 Å². The Morgan fingerprint density at radius 3 is 2.17 bits per heavy atom. The van der Waals surface area contributed by atoms with Gasteiger partial charge in [-0.3, -0.25) is 4.79 Å². The molecule has 0 spiro atoms. The van der Waals surface area contributed by atoms with E-state index in [0.717, 1.165) is 12.8 Å². The Kier molecular flexibility index (Phi) is 8.11. The van der Waals surface area contributed by atoms with Gasteiger partial charge in [0.05, 0.1) is 0 Å². The van der Waals surface area contributed by atoms with Crippen LogP contribution in [0.4, 0.5) is 0 Å². The second-order valence-corrected chi connectivity index (χ2v) is 5.73. The molecule has 1 aliphatic heterocycles. The van der Waals surface area contributed by atoms with Crippen LogP contribution in [0.25, 0.3) is 0 Å². The molecule has 0 radical (unpaired) electrons. The van der Waals surface area contributed by atoms with Gasteiger partial charge in [-0.05, 0) is 32.1 Å². The summed E-state index contributed by atoms with van der Waals surface area (Å²) in [7, 11) is 0. The van der Waals surface area contributed by atoms with Crippen LogP contribution >= 0.6 is 0 Å². The van der Waals surface area contributed by atoms with Crippen LogP contribution < -0.4 is 0 Å². The van der Waals surface area contributed by atoms with E-state index in [-0.39, 0.29) is 12.1 Å². The zero-order chi connectivity index (χ0) is 13.2. The van der Waals surface area contributed by atoms with Crippen LogP contribution in [0.1, 0.15) is 84.5 Å². The summed E-state index contributed by atoms with van der Waals surface area (Å²) < 4.78 is 5.56. The summed E-state index contributed by atoms with van der Waals surface area (Å²) in [5.74, 6) is 0.565. The average molecular weight is 254 g/mol. The van der Waals surface area contributed by atoms with Crippen molar-refractivity contribution in [3.8, 4) is 0 Å². The van der Waals surface area contributed by atoms with E-state index in [0.29, 0.717) is 12.3 Å². The number of carbonyl (C=O) groups excluding carboxylic acids is 1. The molecular weight excluding hydrogens is 224 g/mol. The lowest BCUT2D eigenvalue weighted by molar-refractivity contribution is -0.151. The Bertz CT molecular complexity index is 225. The summed E-state index contributed by atoms with van der Waals surface area (Å²) in [5.41, 5.74) is 0. The average Bonchev–Trinajstić information content (AvgIpc) is 2.35. The minimum atomic E-state index is 0.0120. The lowest BCUT2D eigenvalue weighted by atomic mass is 9.93. The first kappa shape index (κ1) is 15.5. The third kappa shape index (κ3) is 6.42. The summed E-state index contributed by atoms with van der Waals surface area (Å²) in [5, 5.41) is 0. The van der Waals surface area contributed by atoms with E-state index in [9.17, 15) is 4.79 Å². The predicted molar refractivity (Wildman–Crippen MR) is 75.5 cm³/mol. The number of ether oxygens (including phenoxy) is 1. The fourth-order valence-corrected chi connectivity index (χ4v) is 2.87. The Labute approximate surface area is 112 Å². The molecule has 0 bridgehead atoms. The van der Waals surface area contributed by atoms with Crippen molar-refractivity contribution < 1.29 is 9.53 Å². The molecule has 0 unspecified atom stereocenters. The molecule has 106 valence electrons. The largest absolute Gasteiger partial charge is 0.462 e. The van der Waals surface area contributed by atoms with Crippen LogP contribution in [0.5, 0.6) is 0 Å². The summed E-state index contributed by atoms with van der Waals surface area (Å²) in [6.07, 6.45) is 13.2. The van der Waals surface area contributed by atoms with Gasteiger partial charge in [-0.2, -0.15) is 0 Å². The minimum absolute atomic E-state index is 0.0120. The molecule has 2 nitrogen and oxygen atoms in total. The quantitative estimate of drug-likeness (QED) is 0.625. The van der Waals surface area contributed by atoms with E-state index in [4.69, 9.17) is 4.74 Å². The van der Waals surface area contributed by atoms with Gasteiger partial charge in [0.25, 0.3) is 0 Å². The first-order chi connectivity index (χ1) is 8.74. The van der Waals surface area contributed by atoms with Gasteiger partial charge in [-0.1, -0.05) is 51.9 Å². The van der Waals surface area contributed by atoms with E-state index >= 15 is 0 Å². The maximum Gasteiger partial charge on any atom is 0.306 e. The van der Waals surface area contributed by atoms with Crippen molar-refractivity contribution in [3.05, 3.63) is 0 Å². The van der Waals surface area contributed by atoms with Gasteiger partial charge in [-0.25, -0.2) is 0 Å². The highest BCUT2D eigenvalue weighted by Gasteiger charge is 2.19. The normalized spacial score (nSPS) is 29.3. The van der Waals surface area contributed by atoms with Crippen molar-refractivity contribution in [3.63, 3.8) is 0 Å². The van der Waals surface area contributed by atoms with Crippen LogP contribution in [0.3, 0.4) is 0 Å². The lowest BCUT2D eigenvalue weighted by Crippen LogP contribution is -2.23. The van der Waals surface area contributed by atoms with Crippen molar-refractivity contribution >= 4 is 5.97 Å². The summed E-state index contributed by atoms with van der Waals surface area (Å²) in [6, 6.07) is 0. The molecule has 0 aromatic carbocycles. The van der Waals surface area contributed by atoms with Crippen LogP contribution in [0.2, 0.25) is 0 Å². The van der Waals surface area contributed by atoms with Crippen molar-refractivity contribution in [1.29, 1.82) is 0 Å². The molecule has 18 heavy (non-hydrogen) atoms. The number of esters is 1. The molecule has 0 N–H and O–H groups in total. The fraction of sp³-hybridized carbons (Fsp3) is 0.938. The van der Waals surface area contributed by atoms with Gasteiger partial charge in [-0.15, -0.1) is 0 Å². The molecular formula is C16H30O2. The van der Waals surface area contributed by atoms with Crippen LogP contribution in [0.15, 0.2) is 0 Å². The fourth-order valence-electron chi connectivity index (χ4n) is 2.87. The highest BCUT2D eigenvalue weighted by molar-refractivity contribution is 5.69. The Morgan fingerprint density at radius 1 is 1.00 bits per heavy atom. The summed E-state index contributed by atoms with van der Waals surface area (Å²) in [6.45, 7) is 4.27. The van der Waals surface area contributed by atoms with E-state index in [1.165, 1.54) is 51.4 Å². The summed E-state index contributed by atoms with van der Waals surface area (Å²) >= 11 is 0. The topological polar surface area (TPSA) is 26.3 Å². The van der Waals surface area contributed by atoms with Gasteiger partial charge in [0.15, 0.2) is 0 Å². The van der Waals surface area contributed by atoms with Crippen molar-refractivity contribution in [2.45, 2.75) is 90.6 Å². The standard InChI is InChI=1S/C16H30O2/c1-3-15-12-10-8-6-4-5-7-9-11-13-16(17)18-14(15)2/h14-15H,3-13H2,1-2H3/t14-,15+/m0/s1. The Hall–Kier alpha value is -0.530. The van der Waals surface area contributed by atoms with E-state index in [1.54, 1.807) is 0 Å². The number of hydrogen-bond donors (Lipinski definition) is 0. The molecule has 2 heteroatoms. The molecule has 0 saturated carbocycles. The van der Waals surface area contributed by atoms with Gasteiger partial charge in [0.1, 0.15) is 6.10 Å². The Morgan fingerprint density at radius 2 is 1.56 bits per heavy atom. The maximum atomic E-state index is 11.7. The van der Waals surface area contributed by atoms with Gasteiger partial charge < -0.3 is 4.74 Å². The predicted octanol–water partition coefficient (Wildman–Crippen LogP) is 4.86. The molecule has 0 aliphatic carbocycles. The smallest absolute Gasteiger partial charge is 0.306 e. The van der Waals surface area contributed by atoms with E-state index < -0.39 is 0 Å². The van der Waals surface area contributed by atoms with E-state index in [2.05, 4.69) is 13.8 Å². The maximum absolute atomic E-state index is 11.7. The number of rotatable bonds is 1. The molecule has 0 aromatic heterocycles. The molecule has 1 saturated heterocycles. The monoisotopic (exact) mass is 254 g/mol. The number of hydrogen-bond acceptors (Lipinski definition) is 2. The number of carbonyl (C=O) groups is 1. The van der Waals surface area contributed by atoms with Crippen molar-refractivity contribution in [2.24, 2.45) is 5.92 Å². The van der Waals surface area contributed by atoms with Crippen molar-refractivity contribution in [1.82, 2.24) is 0 Å². The molecule has 1 aliphatic rings. The van der Waals surface area contributed by atoms with Gasteiger partial charge in [0.2, 0.25) is 0 Å². The van der Waals surface area contributed by atoms with Crippen LogP contribution in [0, 0.1) is 5.92 Å². The SMILES string of the molecule is CC[C@@H]1CCCCCCCCCCC(=O)O[C@H]1C. The molecule has 1 heterocycles. The minimum Gasteiger partial charge on any atom is -0.462 e. The third-order valence-corrected chi connectivity index (χ3v) is 4.21. The van der Waals surface area contributed by atoms with Gasteiger partial charge in [0, 0.05) is 6.42 Å². The van der Waals surface area contributed by atoms with E-state index in [1.807, 2.05) is 0 Å². The lowest BCUT2D eigenvalue weighted by Gasteiger charge is -2.23. The molecule has 1 rings (SSSR count). The molecule has 0 aromatic rings. The van der Waals surface area contributed by atoms with Crippen molar-refractivity contribution in [2.75, 3.05) is 0 Å². The highest BCUT2D eigenvalue weighted by atomic mass is 16.5. The third-order valence-electron chi connectivity index (χ3n) is 4.21. The molecule has 2 atom stereocenters. The highest BCUT2D eigenvalue weighted by Crippen LogP contribution is 2.22. The first-order valence-corrected chi connectivity index (χ1v) is 7.93. The van der Waals surface area contributed by atoms with Gasteiger partial charge >= 0.3 is 5.97 Å². The zero-order valence-corrected chi connectivity index (χ0v) is 12.2. The summed E-state index contributed by atoms with van der Waals surface area (Å²) in [4.78, 5) is 11.7. The van der Waals surface area contributed by atoms with Crippen LogP contribution in [-0.4, -0.2) is 12.1 Å². The Balaban J connectivity index is 2.42. The second-order valence-electron chi connectivity index (χ2n) is 5.73. The number of cyclic esters (lactones) is 1. The zero-order valence-electron chi connectivity index (χ0n) is 12.2. The second kappa shape index (κ2) is 9.41. The first-order valence-electron chi connectivity index (χ1n) is 7.93. The molecule has 0 amide bonds.